The molecule has 0 aliphatic carbocycles. The number of amides is 1. The number of hydrogen-bond donors (Lipinski definition) is 0. The second-order valence-electron chi connectivity index (χ2n) is 8.54. The lowest BCUT2D eigenvalue weighted by molar-refractivity contribution is 0.0724. The molecule has 2 saturated heterocycles. The second kappa shape index (κ2) is 9.51. The van der Waals surface area contributed by atoms with Gasteiger partial charge in [0.1, 0.15) is 0 Å². The number of piperazine rings is 1. The second-order valence-corrected chi connectivity index (χ2v) is 10.5. The average molecular weight is 442 g/mol. The zero-order valence-electron chi connectivity index (χ0n) is 18.2. The van der Waals surface area contributed by atoms with E-state index in [-0.39, 0.29) is 5.91 Å². The zero-order chi connectivity index (χ0) is 21.8. The number of piperidine rings is 1. The Bertz CT molecular complexity index is 989. The third-order valence-corrected chi connectivity index (χ3v) is 8.15. The number of likely N-dealkylation sites (tertiary alicyclic amines) is 1. The largest absolute Gasteiger partial charge is 0.339 e. The van der Waals surface area contributed by atoms with Crippen molar-refractivity contribution in [3.8, 4) is 0 Å². The molecule has 4 rings (SSSR count). The predicted molar refractivity (Wildman–Crippen MR) is 121 cm³/mol. The van der Waals surface area contributed by atoms with Gasteiger partial charge in [0.05, 0.1) is 4.90 Å². The number of carbonyl (C=O) groups excluding carboxylic acids is 1. The number of benzene rings is 2. The van der Waals surface area contributed by atoms with Gasteiger partial charge in [-0.25, -0.2) is 8.42 Å². The van der Waals surface area contributed by atoms with Gasteiger partial charge in [-0.05, 0) is 56.0 Å². The van der Waals surface area contributed by atoms with Gasteiger partial charge in [-0.3, -0.25) is 9.69 Å². The first kappa shape index (κ1) is 22.0. The highest BCUT2D eigenvalue weighted by molar-refractivity contribution is 7.89. The van der Waals surface area contributed by atoms with E-state index in [9.17, 15) is 13.2 Å². The molecule has 0 saturated carbocycles. The molecule has 2 heterocycles. The minimum absolute atomic E-state index is 0.126. The fourth-order valence-corrected chi connectivity index (χ4v) is 5.70. The number of hydrogen-bond acceptors (Lipinski definition) is 4. The molecule has 1 amide bonds. The maximum absolute atomic E-state index is 12.9. The van der Waals surface area contributed by atoms with Crippen LogP contribution in [0.25, 0.3) is 0 Å². The molecule has 0 spiro atoms. The SMILES string of the molecule is Cc1ccc(S(=O)(=O)N2CCN(Cc3ccc(C(=O)N4CCCCC4)cc3)CC2)cc1. The fraction of sp³-hybridized carbons (Fsp3) is 0.458. The van der Waals surface area contributed by atoms with Crippen molar-refractivity contribution in [1.29, 1.82) is 0 Å². The molecule has 2 aliphatic heterocycles. The van der Waals surface area contributed by atoms with Crippen LogP contribution in [0, 0.1) is 6.92 Å². The summed E-state index contributed by atoms with van der Waals surface area (Å²) in [6.07, 6.45) is 3.40. The molecule has 31 heavy (non-hydrogen) atoms. The lowest BCUT2D eigenvalue weighted by Gasteiger charge is -2.34. The number of carbonyl (C=O) groups is 1. The molecule has 0 N–H and O–H groups in total. The van der Waals surface area contributed by atoms with E-state index in [1.165, 1.54) is 6.42 Å². The van der Waals surface area contributed by atoms with Gasteiger partial charge in [-0.2, -0.15) is 4.31 Å². The van der Waals surface area contributed by atoms with E-state index < -0.39 is 10.0 Å². The van der Waals surface area contributed by atoms with Crippen molar-refractivity contribution < 1.29 is 13.2 Å². The molecular formula is C24H31N3O3S. The average Bonchev–Trinajstić information content (AvgIpc) is 2.80. The summed E-state index contributed by atoms with van der Waals surface area (Å²) in [6, 6.07) is 14.9. The first-order valence-corrected chi connectivity index (χ1v) is 12.5. The molecule has 7 heteroatoms. The monoisotopic (exact) mass is 441 g/mol. The van der Waals surface area contributed by atoms with Crippen molar-refractivity contribution in [3.05, 3.63) is 65.2 Å². The van der Waals surface area contributed by atoms with Crippen molar-refractivity contribution in [2.24, 2.45) is 0 Å². The van der Waals surface area contributed by atoms with Gasteiger partial charge in [0.2, 0.25) is 10.0 Å². The number of rotatable bonds is 5. The fourth-order valence-electron chi connectivity index (χ4n) is 4.28. The molecule has 0 radical (unpaired) electrons. The minimum atomic E-state index is -3.44. The van der Waals surface area contributed by atoms with E-state index in [1.54, 1.807) is 16.4 Å². The molecule has 0 aromatic heterocycles. The Morgan fingerprint density at radius 3 is 2.03 bits per heavy atom. The summed E-state index contributed by atoms with van der Waals surface area (Å²) in [5, 5.41) is 0. The summed E-state index contributed by atoms with van der Waals surface area (Å²) in [6.45, 7) is 6.79. The maximum atomic E-state index is 12.9. The predicted octanol–water partition coefficient (Wildman–Crippen LogP) is 3.13. The Kier molecular flexibility index (Phi) is 6.74. The molecule has 2 fully saturated rings. The highest BCUT2D eigenvalue weighted by Crippen LogP contribution is 2.20. The van der Waals surface area contributed by atoms with Crippen molar-refractivity contribution >= 4 is 15.9 Å². The van der Waals surface area contributed by atoms with Crippen LogP contribution in [0.5, 0.6) is 0 Å². The zero-order valence-corrected chi connectivity index (χ0v) is 19.0. The van der Waals surface area contributed by atoms with Gasteiger partial charge in [-0.1, -0.05) is 29.8 Å². The van der Waals surface area contributed by atoms with E-state index in [1.807, 2.05) is 48.2 Å². The smallest absolute Gasteiger partial charge is 0.253 e. The topological polar surface area (TPSA) is 60.9 Å². The Morgan fingerprint density at radius 2 is 1.42 bits per heavy atom. The molecule has 2 aromatic carbocycles. The lowest BCUT2D eigenvalue weighted by Crippen LogP contribution is -2.48. The molecule has 166 valence electrons. The number of aryl methyl sites for hydroxylation is 1. The normalized spacial score (nSPS) is 18.8. The van der Waals surface area contributed by atoms with E-state index in [2.05, 4.69) is 4.90 Å². The van der Waals surface area contributed by atoms with Crippen LogP contribution in [0.2, 0.25) is 0 Å². The van der Waals surface area contributed by atoms with Crippen molar-refractivity contribution in [1.82, 2.24) is 14.1 Å². The van der Waals surface area contributed by atoms with Crippen LogP contribution >= 0.6 is 0 Å². The molecule has 2 aromatic rings. The summed E-state index contributed by atoms with van der Waals surface area (Å²) < 4.78 is 27.3. The third kappa shape index (κ3) is 5.17. The van der Waals surface area contributed by atoms with Gasteiger partial charge in [0.25, 0.3) is 5.91 Å². The van der Waals surface area contributed by atoms with Gasteiger partial charge in [0, 0.05) is 51.4 Å². The number of nitrogens with zero attached hydrogens (tertiary/aromatic N) is 3. The standard InChI is InChI=1S/C24H31N3O3S/c1-20-5-11-23(12-6-20)31(29,30)27-17-15-25(16-18-27)19-21-7-9-22(10-8-21)24(28)26-13-3-2-4-14-26/h5-12H,2-4,13-19H2,1H3. The summed E-state index contributed by atoms with van der Waals surface area (Å²) >= 11 is 0. The summed E-state index contributed by atoms with van der Waals surface area (Å²) in [5.74, 6) is 0.126. The van der Waals surface area contributed by atoms with Crippen LogP contribution in [0.1, 0.15) is 40.7 Å². The molecule has 0 unspecified atom stereocenters. The molecular weight excluding hydrogens is 410 g/mol. The van der Waals surface area contributed by atoms with E-state index in [0.29, 0.717) is 31.1 Å². The minimum Gasteiger partial charge on any atom is -0.339 e. The Balaban J connectivity index is 1.31. The first-order chi connectivity index (χ1) is 14.9. The molecule has 6 nitrogen and oxygen atoms in total. The van der Waals surface area contributed by atoms with Crippen LogP contribution in [0.3, 0.4) is 0 Å². The molecule has 2 aliphatic rings. The van der Waals surface area contributed by atoms with Crippen molar-refractivity contribution in [3.63, 3.8) is 0 Å². The Hall–Kier alpha value is -2.22. The highest BCUT2D eigenvalue weighted by Gasteiger charge is 2.28. The van der Waals surface area contributed by atoms with Crippen LogP contribution < -0.4 is 0 Å². The van der Waals surface area contributed by atoms with Crippen LogP contribution in [0.4, 0.5) is 0 Å². The Morgan fingerprint density at radius 1 is 0.806 bits per heavy atom. The maximum Gasteiger partial charge on any atom is 0.253 e. The summed E-state index contributed by atoms with van der Waals surface area (Å²) in [4.78, 5) is 17.2. The van der Waals surface area contributed by atoms with Gasteiger partial charge in [-0.15, -0.1) is 0 Å². The Labute approximate surface area is 185 Å². The van der Waals surface area contributed by atoms with Crippen LogP contribution in [0.15, 0.2) is 53.4 Å². The van der Waals surface area contributed by atoms with Gasteiger partial charge in [0.15, 0.2) is 0 Å². The number of sulfonamides is 1. The molecule has 0 atom stereocenters. The van der Waals surface area contributed by atoms with E-state index >= 15 is 0 Å². The van der Waals surface area contributed by atoms with Crippen LogP contribution in [-0.2, 0) is 16.6 Å². The third-order valence-electron chi connectivity index (χ3n) is 6.24. The van der Waals surface area contributed by atoms with Gasteiger partial charge < -0.3 is 4.90 Å². The lowest BCUT2D eigenvalue weighted by atomic mass is 10.1. The van der Waals surface area contributed by atoms with Gasteiger partial charge >= 0.3 is 0 Å². The highest BCUT2D eigenvalue weighted by atomic mass is 32.2. The van der Waals surface area contributed by atoms with Crippen molar-refractivity contribution in [2.45, 2.75) is 37.6 Å². The van der Waals surface area contributed by atoms with Crippen LogP contribution in [-0.4, -0.2) is 67.7 Å². The van der Waals surface area contributed by atoms with Crippen molar-refractivity contribution in [2.75, 3.05) is 39.3 Å². The van der Waals surface area contributed by atoms with E-state index in [4.69, 9.17) is 0 Å². The van der Waals surface area contributed by atoms with E-state index in [0.717, 1.165) is 49.2 Å². The quantitative estimate of drug-likeness (QED) is 0.715. The summed E-state index contributed by atoms with van der Waals surface area (Å²) in [7, 11) is -3.44. The first-order valence-electron chi connectivity index (χ1n) is 11.1. The summed E-state index contributed by atoms with van der Waals surface area (Å²) in [5.41, 5.74) is 2.94. The molecule has 0 bridgehead atoms.